The third kappa shape index (κ3) is 4.06. The number of amides is 2. The lowest BCUT2D eigenvalue weighted by Gasteiger charge is -2.10. The maximum Gasteiger partial charge on any atom is 0.329 e. The summed E-state index contributed by atoms with van der Waals surface area (Å²) in [5.74, 6) is -1.18. The van der Waals surface area contributed by atoms with E-state index in [1.54, 1.807) is 24.3 Å². The number of carbonyl (C=O) groups excluding carboxylic acids is 3. The van der Waals surface area contributed by atoms with Gasteiger partial charge >= 0.3 is 5.97 Å². The van der Waals surface area contributed by atoms with Crippen molar-refractivity contribution in [2.24, 2.45) is 0 Å². The minimum atomic E-state index is -0.636. The van der Waals surface area contributed by atoms with E-state index in [4.69, 9.17) is 4.74 Å². The van der Waals surface area contributed by atoms with Crippen LogP contribution in [-0.2, 0) is 19.1 Å². The predicted molar refractivity (Wildman–Crippen MR) is 74.9 cm³/mol. The van der Waals surface area contributed by atoms with Gasteiger partial charge in [-0.25, -0.2) is 4.79 Å². The fourth-order valence-corrected chi connectivity index (χ4v) is 2.02. The van der Waals surface area contributed by atoms with Crippen LogP contribution in [0.3, 0.4) is 0 Å². The molecule has 20 heavy (non-hydrogen) atoms. The Kier molecular flexibility index (Phi) is 4.73. The van der Waals surface area contributed by atoms with Gasteiger partial charge in [0.25, 0.3) is 5.91 Å². The van der Waals surface area contributed by atoms with Gasteiger partial charge in [-0.15, -0.1) is 0 Å². The zero-order chi connectivity index (χ0) is 14.5. The highest BCUT2D eigenvalue weighted by Crippen LogP contribution is 2.14. The summed E-state index contributed by atoms with van der Waals surface area (Å²) in [7, 11) is 0. The fourth-order valence-electron chi connectivity index (χ4n) is 1.76. The Balaban J connectivity index is 1.76. The van der Waals surface area contributed by atoms with Gasteiger partial charge in [-0.2, -0.15) is 0 Å². The Bertz CT molecular complexity index is 530. The first-order valence-electron chi connectivity index (χ1n) is 6.06. The number of benzene rings is 1. The van der Waals surface area contributed by atoms with Crippen LogP contribution in [0, 0.1) is 0 Å². The number of esters is 1. The summed E-state index contributed by atoms with van der Waals surface area (Å²) in [6.07, 6.45) is 0.719. The molecule has 1 aliphatic heterocycles. The molecule has 1 fully saturated rings. The third-order valence-electron chi connectivity index (χ3n) is 2.75. The van der Waals surface area contributed by atoms with E-state index in [-0.39, 0.29) is 12.5 Å². The molecule has 0 unspecified atom stereocenters. The quantitative estimate of drug-likeness (QED) is 0.807. The van der Waals surface area contributed by atoms with Gasteiger partial charge in [-0.1, -0.05) is 15.9 Å². The largest absolute Gasteiger partial charge is 0.454 e. The summed E-state index contributed by atoms with van der Waals surface area (Å²) in [6, 6.07) is 6.39. The zero-order valence-corrected chi connectivity index (χ0v) is 12.1. The first-order valence-corrected chi connectivity index (χ1v) is 6.85. The highest BCUT2D eigenvalue weighted by atomic mass is 79.9. The fraction of sp³-hybridized carbons (Fsp3) is 0.308. The van der Waals surface area contributed by atoms with Crippen molar-refractivity contribution >= 4 is 39.4 Å². The molecule has 1 aliphatic rings. The molecule has 6 nitrogen and oxygen atoms in total. The standard InChI is InChI=1S/C13H13BrN2O4/c14-8-1-3-9(4-2-8)15-12(18)7-20-13(19)10-5-6-11(17)16-10/h1-4,10H,5-7H2,(H,15,18)(H,16,17)/t10-/m1/s1. The molecule has 1 aromatic carbocycles. The van der Waals surface area contributed by atoms with Crippen LogP contribution in [0.2, 0.25) is 0 Å². The second-order valence-electron chi connectivity index (χ2n) is 4.32. The molecule has 0 radical (unpaired) electrons. The van der Waals surface area contributed by atoms with Gasteiger partial charge in [-0.3, -0.25) is 9.59 Å². The molecular formula is C13H13BrN2O4. The summed E-state index contributed by atoms with van der Waals surface area (Å²) < 4.78 is 5.76. The Labute approximate surface area is 124 Å². The average molecular weight is 341 g/mol. The summed E-state index contributed by atoms with van der Waals surface area (Å²) in [5, 5.41) is 5.08. The van der Waals surface area contributed by atoms with Crippen molar-refractivity contribution in [2.75, 3.05) is 11.9 Å². The van der Waals surface area contributed by atoms with E-state index in [0.29, 0.717) is 18.5 Å². The molecule has 0 aromatic heterocycles. The number of hydrogen-bond acceptors (Lipinski definition) is 4. The molecule has 1 atom stereocenters. The second-order valence-corrected chi connectivity index (χ2v) is 5.24. The van der Waals surface area contributed by atoms with Gasteiger partial charge in [0.05, 0.1) is 0 Å². The number of nitrogens with one attached hydrogen (secondary N) is 2. The Morgan fingerprint density at radius 2 is 2.05 bits per heavy atom. The molecule has 7 heteroatoms. The topological polar surface area (TPSA) is 84.5 Å². The molecule has 1 heterocycles. The van der Waals surface area contributed by atoms with Crippen LogP contribution in [0.1, 0.15) is 12.8 Å². The van der Waals surface area contributed by atoms with Crippen molar-refractivity contribution in [3.8, 4) is 0 Å². The number of anilines is 1. The van der Waals surface area contributed by atoms with Crippen molar-refractivity contribution in [2.45, 2.75) is 18.9 Å². The lowest BCUT2D eigenvalue weighted by atomic mass is 10.2. The van der Waals surface area contributed by atoms with Gasteiger partial charge in [0.2, 0.25) is 5.91 Å². The molecule has 2 N–H and O–H groups in total. The van der Waals surface area contributed by atoms with Crippen molar-refractivity contribution in [3.63, 3.8) is 0 Å². The van der Waals surface area contributed by atoms with E-state index < -0.39 is 17.9 Å². The van der Waals surface area contributed by atoms with E-state index >= 15 is 0 Å². The predicted octanol–water partition coefficient (Wildman–Crippen LogP) is 1.21. The van der Waals surface area contributed by atoms with Crippen LogP contribution < -0.4 is 10.6 Å². The van der Waals surface area contributed by atoms with Gasteiger partial charge in [0, 0.05) is 16.6 Å². The number of rotatable bonds is 4. The lowest BCUT2D eigenvalue weighted by molar-refractivity contribution is -0.149. The van der Waals surface area contributed by atoms with Crippen molar-refractivity contribution < 1.29 is 19.1 Å². The summed E-state index contributed by atoms with van der Waals surface area (Å²) >= 11 is 3.29. The van der Waals surface area contributed by atoms with Crippen molar-refractivity contribution in [1.29, 1.82) is 0 Å². The zero-order valence-electron chi connectivity index (χ0n) is 10.5. The van der Waals surface area contributed by atoms with E-state index in [1.807, 2.05) is 0 Å². The molecule has 0 saturated carbocycles. The van der Waals surface area contributed by atoms with Gasteiger partial charge in [0.15, 0.2) is 6.61 Å². The number of hydrogen-bond donors (Lipinski definition) is 2. The van der Waals surface area contributed by atoms with E-state index in [1.165, 1.54) is 0 Å². The van der Waals surface area contributed by atoms with E-state index in [0.717, 1.165) is 4.47 Å². The molecule has 1 saturated heterocycles. The van der Waals surface area contributed by atoms with Crippen LogP contribution in [0.25, 0.3) is 0 Å². The van der Waals surface area contributed by atoms with E-state index in [9.17, 15) is 14.4 Å². The van der Waals surface area contributed by atoms with Crippen LogP contribution in [0.4, 0.5) is 5.69 Å². The normalized spacial score (nSPS) is 17.4. The SMILES string of the molecule is O=C(COC(=O)[C@H]1CCC(=O)N1)Nc1ccc(Br)cc1. The van der Waals surface area contributed by atoms with Crippen molar-refractivity contribution in [3.05, 3.63) is 28.7 Å². The molecule has 2 rings (SSSR count). The van der Waals surface area contributed by atoms with Crippen LogP contribution in [0.5, 0.6) is 0 Å². The van der Waals surface area contributed by atoms with Gasteiger partial charge < -0.3 is 15.4 Å². The van der Waals surface area contributed by atoms with Crippen LogP contribution in [0.15, 0.2) is 28.7 Å². The monoisotopic (exact) mass is 340 g/mol. The minimum absolute atomic E-state index is 0.175. The Morgan fingerprint density at radius 1 is 1.35 bits per heavy atom. The molecule has 106 valence electrons. The lowest BCUT2D eigenvalue weighted by Crippen LogP contribution is -2.36. The van der Waals surface area contributed by atoms with E-state index in [2.05, 4.69) is 26.6 Å². The molecular weight excluding hydrogens is 328 g/mol. The number of halogens is 1. The Morgan fingerprint density at radius 3 is 2.65 bits per heavy atom. The second kappa shape index (κ2) is 6.51. The molecule has 1 aromatic rings. The van der Waals surface area contributed by atoms with Crippen LogP contribution in [-0.4, -0.2) is 30.4 Å². The summed E-state index contributed by atoms with van der Waals surface area (Å²) in [6.45, 7) is -0.374. The molecule has 2 amide bonds. The summed E-state index contributed by atoms with van der Waals surface area (Å²) in [5.41, 5.74) is 0.614. The van der Waals surface area contributed by atoms with Gasteiger partial charge in [0.1, 0.15) is 6.04 Å². The average Bonchev–Trinajstić information content (AvgIpc) is 2.85. The number of carbonyl (C=O) groups is 3. The smallest absolute Gasteiger partial charge is 0.329 e. The van der Waals surface area contributed by atoms with Crippen molar-refractivity contribution in [1.82, 2.24) is 5.32 Å². The minimum Gasteiger partial charge on any atom is -0.454 e. The van der Waals surface area contributed by atoms with Gasteiger partial charge in [-0.05, 0) is 30.7 Å². The molecule has 0 aliphatic carbocycles. The number of ether oxygens (including phenoxy) is 1. The maximum atomic E-state index is 11.6. The highest BCUT2D eigenvalue weighted by Gasteiger charge is 2.28. The summed E-state index contributed by atoms with van der Waals surface area (Å²) in [4.78, 5) is 34.1. The van der Waals surface area contributed by atoms with Crippen LogP contribution >= 0.6 is 15.9 Å². The first kappa shape index (κ1) is 14.5. The third-order valence-corrected chi connectivity index (χ3v) is 3.28. The molecule has 0 spiro atoms. The highest BCUT2D eigenvalue weighted by molar-refractivity contribution is 9.10. The first-order chi connectivity index (χ1) is 9.54. The maximum absolute atomic E-state index is 11.6. The molecule has 0 bridgehead atoms. The Hall–Kier alpha value is -1.89.